The average Bonchev–Trinajstić information content (AvgIpc) is 2.45. The van der Waals surface area contributed by atoms with Gasteiger partial charge >= 0.3 is 0 Å². The molecule has 0 radical (unpaired) electrons. The van der Waals surface area contributed by atoms with Gasteiger partial charge in [-0.2, -0.15) is 0 Å². The Hall–Kier alpha value is -1.89. The normalized spacial score (nSPS) is 11.2. The minimum atomic E-state index is -0.768. The molecule has 6 nitrogen and oxygen atoms in total. The van der Waals surface area contributed by atoms with Gasteiger partial charge in [-0.25, -0.2) is 4.39 Å². The zero-order valence-corrected chi connectivity index (χ0v) is 11.9. The molecule has 3 N–H and O–H groups in total. The van der Waals surface area contributed by atoms with Crippen molar-refractivity contribution in [2.75, 3.05) is 19.0 Å². The molecule has 0 spiro atoms. The lowest BCUT2D eigenvalue weighted by Gasteiger charge is -2.32. The highest BCUT2D eigenvalue weighted by Crippen LogP contribution is 2.34. The fourth-order valence-electron chi connectivity index (χ4n) is 2.00. The van der Waals surface area contributed by atoms with Gasteiger partial charge in [0.05, 0.1) is 18.1 Å². The number of nitrogens with two attached hydrogens (primary N) is 1. The van der Waals surface area contributed by atoms with Gasteiger partial charge in [-0.3, -0.25) is 10.1 Å². The highest BCUT2D eigenvalue weighted by Gasteiger charge is 2.28. The van der Waals surface area contributed by atoms with Crippen LogP contribution in [0.25, 0.3) is 0 Å². The number of rotatable bonds is 7. The first-order valence-electron chi connectivity index (χ1n) is 6.43. The number of hydrogen-bond donors (Lipinski definition) is 2. The molecule has 0 aromatic heterocycles. The first kappa shape index (κ1) is 16.2. The highest BCUT2D eigenvalue weighted by molar-refractivity contribution is 5.65. The largest absolute Gasteiger partial charge is 0.494 e. The van der Waals surface area contributed by atoms with Crippen molar-refractivity contribution in [2.45, 2.75) is 32.2 Å². The molecule has 0 fully saturated rings. The second-order valence-electron chi connectivity index (χ2n) is 4.58. The van der Waals surface area contributed by atoms with E-state index in [1.807, 2.05) is 13.8 Å². The van der Waals surface area contributed by atoms with Crippen LogP contribution in [0.3, 0.4) is 0 Å². The smallest absolute Gasteiger partial charge is 0.295 e. The van der Waals surface area contributed by atoms with Crippen LogP contribution < -0.4 is 15.8 Å². The number of halogens is 1. The van der Waals surface area contributed by atoms with Crippen molar-refractivity contribution in [3.8, 4) is 5.75 Å². The molecular formula is C13H20FN3O3. The van der Waals surface area contributed by atoms with Crippen LogP contribution in [0.1, 0.15) is 26.7 Å². The third-order valence-electron chi connectivity index (χ3n) is 3.61. The van der Waals surface area contributed by atoms with Crippen molar-refractivity contribution in [3.63, 3.8) is 0 Å². The molecule has 0 aliphatic carbocycles. The molecule has 0 amide bonds. The maximum atomic E-state index is 13.6. The molecule has 112 valence electrons. The summed E-state index contributed by atoms with van der Waals surface area (Å²) in [6.07, 6.45) is 1.38. The van der Waals surface area contributed by atoms with E-state index in [2.05, 4.69) is 5.32 Å². The first-order valence-corrected chi connectivity index (χ1v) is 6.43. The van der Waals surface area contributed by atoms with Crippen LogP contribution in [0.5, 0.6) is 5.75 Å². The van der Waals surface area contributed by atoms with Crippen LogP contribution >= 0.6 is 0 Å². The number of nitrogens with zero attached hydrogens (tertiary/aromatic N) is 1. The Morgan fingerprint density at radius 3 is 2.45 bits per heavy atom. The van der Waals surface area contributed by atoms with E-state index in [1.165, 1.54) is 13.2 Å². The van der Waals surface area contributed by atoms with Crippen molar-refractivity contribution in [1.82, 2.24) is 0 Å². The van der Waals surface area contributed by atoms with Gasteiger partial charge in [0, 0.05) is 18.2 Å². The Labute approximate surface area is 117 Å². The Morgan fingerprint density at radius 1 is 1.45 bits per heavy atom. The fourth-order valence-corrected chi connectivity index (χ4v) is 2.00. The van der Waals surface area contributed by atoms with Crippen LogP contribution in [-0.2, 0) is 0 Å². The molecule has 20 heavy (non-hydrogen) atoms. The summed E-state index contributed by atoms with van der Waals surface area (Å²) in [6.45, 7) is 4.20. The van der Waals surface area contributed by atoms with Gasteiger partial charge in [0.15, 0.2) is 11.6 Å². The van der Waals surface area contributed by atoms with Gasteiger partial charge in [-0.1, -0.05) is 13.8 Å². The summed E-state index contributed by atoms with van der Waals surface area (Å²) in [5, 5.41) is 14.1. The zero-order chi connectivity index (χ0) is 15.3. The van der Waals surface area contributed by atoms with Gasteiger partial charge in [0.25, 0.3) is 5.69 Å². The van der Waals surface area contributed by atoms with Gasteiger partial charge < -0.3 is 15.8 Å². The number of nitrogens with one attached hydrogen (secondary N) is 1. The van der Waals surface area contributed by atoms with Crippen molar-refractivity contribution < 1.29 is 14.1 Å². The van der Waals surface area contributed by atoms with Crippen LogP contribution in [0.4, 0.5) is 15.8 Å². The summed E-state index contributed by atoms with van der Waals surface area (Å²) < 4.78 is 18.5. The number of ether oxygens (including phenoxy) is 1. The molecule has 0 saturated carbocycles. The van der Waals surface area contributed by atoms with E-state index in [0.29, 0.717) is 19.4 Å². The van der Waals surface area contributed by atoms with E-state index in [-0.39, 0.29) is 17.1 Å². The van der Waals surface area contributed by atoms with E-state index in [9.17, 15) is 14.5 Å². The molecule has 7 heteroatoms. The number of nitro benzene ring substituents is 1. The molecule has 0 heterocycles. The van der Waals surface area contributed by atoms with Gasteiger partial charge in [0.1, 0.15) is 5.69 Å². The number of methoxy groups -OCH3 is 1. The third-order valence-corrected chi connectivity index (χ3v) is 3.61. The quantitative estimate of drug-likeness (QED) is 0.593. The lowest BCUT2D eigenvalue weighted by Crippen LogP contribution is -2.44. The molecule has 0 atom stereocenters. The van der Waals surface area contributed by atoms with E-state index < -0.39 is 16.3 Å². The van der Waals surface area contributed by atoms with Crippen LogP contribution in [0.2, 0.25) is 0 Å². The average molecular weight is 285 g/mol. The molecule has 1 aromatic rings. The number of nitro groups is 1. The highest BCUT2D eigenvalue weighted by atomic mass is 19.1. The van der Waals surface area contributed by atoms with Crippen LogP contribution in [0, 0.1) is 15.9 Å². The van der Waals surface area contributed by atoms with E-state index >= 15 is 0 Å². The van der Waals surface area contributed by atoms with Crippen molar-refractivity contribution in [1.29, 1.82) is 0 Å². The second-order valence-corrected chi connectivity index (χ2v) is 4.58. The van der Waals surface area contributed by atoms with E-state index in [0.717, 1.165) is 6.07 Å². The monoisotopic (exact) mass is 285 g/mol. The Bertz CT molecular complexity index is 482. The number of anilines is 1. The standard InChI is InChI=1S/C13H20FN3O3/c1-4-13(5-2,8-15)16-10-7-12(20-3)9(14)6-11(10)17(18)19/h6-7,16H,4-5,8,15H2,1-3H3. The topological polar surface area (TPSA) is 90.4 Å². The van der Waals surface area contributed by atoms with Gasteiger partial charge in [0.2, 0.25) is 0 Å². The molecule has 1 aromatic carbocycles. The summed E-state index contributed by atoms with van der Waals surface area (Å²) in [5.74, 6) is -0.813. The van der Waals surface area contributed by atoms with E-state index in [1.54, 1.807) is 0 Å². The summed E-state index contributed by atoms with van der Waals surface area (Å²) >= 11 is 0. The third kappa shape index (κ3) is 3.16. The molecule has 0 bridgehead atoms. The maximum absolute atomic E-state index is 13.6. The van der Waals surface area contributed by atoms with E-state index in [4.69, 9.17) is 10.5 Å². The minimum Gasteiger partial charge on any atom is -0.494 e. The summed E-state index contributed by atoms with van der Waals surface area (Å²) in [4.78, 5) is 10.4. The lowest BCUT2D eigenvalue weighted by molar-refractivity contribution is -0.384. The maximum Gasteiger partial charge on any atom is 0.295 e. The summed E-state index contributed by atoms with van der Waals surface area (Å²) in [7, 11) is 1.31. The molecule has 1 rings (SSSR count). The van der Waals surface area contributed by atoms with Crippen molar-refractivity contribution in [3.05, 3.63) is 28.1 Å². The zero-order valence-electron chi connectivity index (χ0n) is 11.9. The SMILES string of the molecule is CCC(CC)(CN)Nc1cc(OC)c(F)cc1[N+](=O)[O-]. The Morgan fingerprint density at radius 2 is 2.05 bits per heavy atom. The van der Waals surface area contributed by atoms with Crippen LogP contribution in [0.15, 0.2) is 12.1 Å². The number of benzene rings is 1. The molecular weight excluding hydrogens is 265 g/mol. The predicted octanol–water partition coefficient (Wildman–Crippen LogP) is 2.67. The molecule has 0 saturated heterocycles. The Kier molecular flexibility index (Phi) is 5.26. The van der Waals surface area contributed by atoms with Crippen molar-refractivity contribution in [2.24, 2.45) is 5.73 Å². The summed E-state index contributed by atoms with van der Waals surface area (Å²) in [6, 6.07) is 2.15. The second kappa shape index (κ2) is 6.51. The molecule has 0 aliphatic rings. The van der Waals surface area contributed by atoms with Gasteiger partial charge in [-0.05, 0) is 12.8 Å². The summed E-state index contributed by atoms with van der Waals surface area (Å²) in [5.41, 5.74) is 5.18. The first-order chi connectivity index (χ1) is 9.42. The van der Waals surface area contributed by atoms with Crippen LogP contribution in [-0.4, -0.2) is 24.1 Å². The minimum absolute atomic E-state index is 0.0452. The Balaban J connectivity index is 3.31. The number of hydrogen-bond acceptors (Lipinski definition) is 5. The van der Waals surface area contributed by atoms with Gasteiger partial charge in [-0.15, -0.1) is 0 Å². The molecule has 0 aliphatic heterocycles. The predicted molar refractivity (Wildman–Crippen MR) is 75.6 cm³/mol. The van der Waals surface area contributed by atoms with Crippen molar-refractivity contribution >= 4 is 11.4 Å². The fraction of sp³-hybridized carbons (Fsp3) is 0.538. The molecule has 0 unspecified atom stereocenters. The lowest BCUT2D eigenvalue weighted by atomic mass is 9.92.